The van der Waals surface area contributed by atoms with Gasteiger partial charge in [-0.15, -0.1) is 0 Å². The molecule has 0 aliphatic carbocycles. The van der Waals surface area contributed by atoms with Crippen molar-refractivity contribution < 1.29 is 4.39 Å². The van der Waals surface area contributed by atoms with Gasteiger partial charge in [-0.2, -0.15) is 0 Å². The van der Waals surface area contributed by atoms with Crippen molar-refractivity contribution in [3.8, 4) is 11.1 Å². The minimum Gasteiger partial charge on any atom is -0.246 e. The summed E-state index contributed by atoms with van der Waals surface area (Å²) >= 11 is 6.83. The SMILES string of the molecule is FCc1cc(Br)ccc1-c1ccccc1Br. The molecule has 0 heterocycles. The average molecular weight is 344 g/mol. The summed E-state index contributed by atoms with van der Waals surface area (Å²) in [6, 6.07) is 13.5. The van der Waals surface area contributed by atoms with Crippen molar-refractivity contribution in [3.63, 3.8) is 0 Å². The molecule has 0 nitrogen and oxygen atoms in total. The zero-order valence-electron chi connectivity index (χ0n) is 8.38. The molecular formula is C13H9Br2F. The number of rotatable bonds is 2. The smallest absolute Gasteiger partial charge is 0.115 e. The first kappa shape index (κ1) is 11.8. The first-order valence-electron chi connectivity index (χ1n) is 4.81. The van der Waals surface area contributed by atoms with Gasteiger partial charge in [-0.1, -0.05) is 56.1 Å². The molecule has 3 heteroatoms. The summed E-state index contributed by atoms with van der Waals surface area (Å²) < 4.78 is 14.8. The third-order valence-electron chi connectivity index (χ3n) is 2.38. The van der Waals surface area contributed by atoms with E-state index in [-0.39, 0.29) is 0 Å². The summed E-state index contributed by atoms with van der Waals surface area (Å²) in [6.07, 6.45) is 0. The van der Waals surface area contributed by atoms with E-state index in [1.54, 1.807) is 0 Å². The summed E-state index contributed by atoms with van der Waals surface area (Å²) in [7, 11) is 0. The summed E-state index contributed by atoms with van der Waals surface area (Å²) in [6.45, 7) is -0.462. The first-order chi connectivity index (χ1) is 7.72. The molecule has 0 unspecified atom stereocenters. The Morgan fingerprint density at radius 1 is 0.938 bits per heavy atom. The Hall–Kier alpha value is -0.670. The van der Waals surface area contributed by atoms with Crippen molar-refractivity contribution in [2.24, 2.45) is 0 Å². The lowest BCUT2D eigenvalue weighted by Gasteiger charge is -2.09. The lowest BCUT2D eigenvalue weighted by Crippen LogP contribution is -1.88. The Morgan fingerprint density at radius 2 is 1.69 bits per heavy atom. The maximum Gasteiger partial charge on any atom is 0.115 e. The van der Waals surface area contributed by atoms with Crippen molar-refractivity contribution in [1.29, 1.82) is 0 Å². The topological polar surface area (TPSA) is 0 Å². The Balaban J connectivity index is 2.60. The fourth-order valence-corrected chi connectivity index (χ4v) is 2.52. The Morgan fingerprint density at radius 3 is 2.38 bits per heavy atom. The van der Waals surface area contributed by atoms with Gasteiger partial charge in [-0.25, -0.2) is 4.39 Å². The van der Waals surface area contributed by atoms with Gasteiger partial charge >= 0.3 is 0 Å². The minimum atomic E-state index is -0.462. The molecule has 0 atom stereocenters. The van der Waals surface area contributed by atoms with Crippen LogP contribution in [0.5, 0.6) is 0 Å². The molecule has 0 amide bonds. The van der Waals surface area contributed by atoms with E-state index < -0.39 is 6.67 Å². The first-order valence-corrected chi connectivity index (χ1v) is 6.40. The van der Waals surface area contributed by atoms with E-state index in [4.69, 9.17) is 0 Å². The molecule has 2 aromatic rings. The van der Waals surface area contributed by atoms with Crippen LogP contribution in [0.1, 0.15) is 5.56 Å². The van der Waals surface area contributed by atoms with Crippen LogP contribution < -0.4 is 0 Å². The molecule has 0 fully saturated rings. The molecule has 0 spiro atoms. The molecule has 82 valence electrons. The summed E-state index contributed by atoms with van der Waals surface area (Å²) in [5.41, 5.74) is 2.64. The van der Waals surface area contributed by atoms with Crippen LogP contribution in [0.25, 0.3) is 11.1 Å². The van der Waals surface area contributed by atoms with Crippen molar-refractivity contribution >= 4 is 31.9 Å². The van der Waals surface area contributed by atoms with Crippen LogP contribution in [0.2, 0.25) is 0 Å². The molecule has 0 N–H and O–H groups in total. The standard InChI is InChI=1S/C13H9Br2F/c14-10-5-6-11(9(7-10)8-16)12-3-1-2-4-13(12)15/h1-7H,8H2. The van der Waals surface area contributed by atoms with E-state index in [0.717, 1.165) is 20.1 Å². The number of hydrogen-bond acceptors (Lipinski definition) is 0. The van der Waals surface area contributed by atoms with Crippen LogP contribution in [0.4, 0.5) is 4.39 Å². The predicted octanol–water partition coefficient (Wildman–Crippen LogP) is 5.35. The van der Waals surface area contributed by atoms with Crippen LogP contribution in [0.3, 0.4) is 0 Å². The number of hydrogen-bond donors (Lipinski definition) is 0. The number of benzene rings is 2. The van der Waals surface area contributed by atoms with E-state index in [9.17, 15) is 4.39 Å². The highest BCUT2D eigenvalue weighted by atomic mass is 79.9. The molecule has 0 radical (unpaired) electrons. The van der Waals surface area contributed by atoms with Gasteiger partial charge in [0.15, 0.2) is 0 Å². The highest BCUT2D eigenvalue weighted by Crippen LogP contribution is 2.32. The van der Waals surface area contributed by atoms with E-state index in [1.807, 2.05) is 42.5 Å². The predicted molar refractivity (Wildman–Crippen MR) is 72.1 cm³/mol. The van der Waals surface area contributed by atoms with Gasteiger partial charge in [0.25, 0.3) is 0 Å². The van der Waals surface area contributed by atoms with Crippen LogP contribution in [-0.4, -0.2) is 0 Å². The molecule has 0 bridgehead atoms. The third-order valence-corrected chi connectivity index (χ3v) is 3.56. The monoisotopic (exact) mass is 342 g/mol. The summed E-state index contributed by atoms with van der Waals surface area (Å²) in [5, 5.41) is 0. The maximum atomic E-state index is 12.9. The minimum absolute atomic E-state index is 0.462. The van der Waals surface area contributed by atoms with Gasteiger partial charge in [-0.05, 0) is 34.9 Å². The molecule has 2 rings (SSSR count). The average Bonchev–Trinajstić information content (AvgIpc) is 2.30. The van der Waals surface area contributed by atoms with Crippen molar-refractivity contribution in [3.05, 3.63) is 57.0 Å². The van der Waals surface area contributed by atoms with Crippen LogP contribution in [0, 0.1) is 0 Å². The second kappa shape index (κ2) is 5.11. The van der Waals surface area contributed by atoms with Crippen LogP contribution >= 0.6 is 31.9 Å². The van der Waals surface area contributed by atoms with Crippen LogP contribution in [-0.2, 0) is 6.67 Å². The highest BCUT2D eigenvalue weighted by Gasteiger charge is 2.08. The third kappa shape index (κ3) is 2.36. The number of alkyl halides is 1. The van der Waals surface area contributed by atoms with Gasteiger partial charge in [0.2, 0.25) is 0 Å². The zero-order valence-corrected chi connectivity index (χ0v) is 11.6. The van der Waals surface area contributed by atoms with Crippen LogP contribution in [0.15, 0.2) is 51.4 Å². The van der Waals surface area contributed by atoms with E-state index in [0.29, 0.717) is 5.56 Å². The molecule has 0 saturated heterocycles. The van der Waals surface area contributed by atoms with Gasteiger partial charge in [-0.3, -0.25) is 0 Å². The molecule has 2 aromatic carbocycles. The summed E-state index contributed by atoms with van der Waals surface area (Å²) in [5.74, 6) is 0. The fourth-order valence-electron chi connectivity index (χ4n) is 1.62. The maximum absolute atomic E-state index is 12.9. The lowest BCUT2D eigenvalue weighted by molar-refractivity contribution is 0.486. The summed E-state index contributed by atoms with van der Waals surface area (Å²) in [4.78, 5) is 0. The van der Waals surface area contributed by atoms with Gasteiger partial charge in [0.1, 0.15) is 6.67 Å². The van der Waals surface area contributed by atoms with Gasteiger partial charge in [0, 0.05) is 8.95 Å². The number of halogens is 3. The van der Waals surface area contributed by atoms with Gasteiger partial charge in [0.05, 0.1) is 0 Å². The fraction of sp³-hybridized carbons (Fsp3) is 0.0769. The van der Waals surface area contributed by atoms with Crippen molar-refractivity contribution in [2.45, 2.75) is 6.67 Å². The molecule has 16 heavy (non-hydrogen) atoms. The zero-order chi connectivity index (χ0) is 11.5. The molecule has 0 aliphatic heterocycles. The Kier molecular flexibility index (Phi) is 3.77. The largest absolute Gasteiger partial charge is 0.246 e. The lowest BCUT2D eigenvalue weighted by atomic mass is 10.0. The Labute approximate surface area is 111 Å². The highest BCUT2D eigenvalue weighted by molar-refractivity contribution is 9.10. The van der Waals surface area contributed by atoms with Gasteiger partial charge < -0.3 is 0 Å². The molecule has 0 saturated carbocycles. The normalized spacial score (nSPS) is 10.4. The second-order valence-electron chi connectivity index (χ2n) is 3.41. The molecular weight excluding hydrogens is 335 g/mol. The molecule has 0 aromatic heterocycles. The van der Waals surface area contributed by atoms with Crippen molar-refractivity contribution in [1.82, 2.24) is 0 Å². The second-order valence-corrected chi connectivity index (χ2v) is 5.18. The quantitative estimate of drug-likeness (QED) is 0.689. The molecule has 0 aliphatic rings. The van der Waals surface area contributed by atoms with E-state index >= 15 is 0 Å². The van der Waals surface area contributed by atoms with Crippen molar-refractivity contribution in [2.75, 3.05) is 0 Å². The Bertz CT molecular complexity index is 509. The van der Waals surface area contributed by atoms with E-state index in [2.05, 4.69) is 31.9 Å². The van der Waals surface area contributed by atoms with E-state index in [1.165, 1.54) is 0 Å².